The van der Waals surface area contributed by atoms with Crippen LogP contribution in [0.15, 0.2) is 42.5 Å². The fourth-order valence-electron chi connectivity index (χ4n) is 2.92. The minimum absolute atomic E-state index is 0.0338. The molecule has 0 radical (unpaired) electrons. The first-order valence-corrected chi connectivity index (χ1v) is 8.22. The van der Waals surface area contributed by atoms with Crippen LogP contribution in [0.3, 0.4) is 0 Å². The summed E-state index contributed by atoms with van der Waals surface area (Å²) < 4.78 is 5.18. The molecule has 1 heterocycles. The number of halogens is 2. The van der Waals surface area contributed by atoms with Crippen molar-refractivity contribution in [2.45, 2.75) is 12.3 Å². The quantitative estimate of drug-likeness (QED) is 0.808. The molecule has 0 aromatic heterocycles. The Kier molecular flexibility index (Phi) is 4.79. The zero-order valence-corrected chi connectivity index (χ0v) is 14.3. The molecule has 1 unspecified atom stereocenters. The van der Waals surface area contributed by atoms with E-state index in [1.165, 1.54) is 0 Å². The molecule has 0 bridgehead atoms. The molecule has 1 amide bonds. The average molecular weight is 350 g/mol. The van der Waals surface area contributed by atoms with Gasteiger partial charge in [0.15, 0.2) is 0 Å². The van der Waals surface area contributed by atoms with Gasteiger partial charge in [0.2, 0.25) is 0 Å². The van der Waals surface area contributed by atoms with Gasteiger partial charge in [-0.2, -0.15) is 0 Å². The summed E-state index contributed by atoms with van der Waals surface area (Å²) >= 11 is 12.1. The van der Waals surface area contributed by atoms with E-state index in [-0.39, 0.29) is 5.91 Å². The van der Waals surface area contributed by atoms with Gasteiger partial charge in [0.25, 0.3) is 5.91 Å². The van der Waals surface area contributed by atoms with Gasteiger partial charge in [0.05, 0.1) is 17.2 Å². The number of rotatable bonds is 3. The van der Waals surface area contributed by atoms with Crippen LogP contribution in [0.25, 0.3) is 0 Å². The first-order valence-electron chi connectivity index (χ1n) is 7.47. The normalized spacial score (nSPS) is 17.3. The number of carbonyl (C=O) groups excluding carboxylic acids is 1. The van der Waals surface area contributed by atoms with E-state index in [9.17, 15) is 4.79 Å². The minimum atomic E-state index is 0.0338. The molecular weight excluding hydrogens is 333 g/mol. The van der Waals surface area contributed by atoms with Crippen LogP contribution in [-0.4, -0.2) is 31.0 Å². The number of hydrogen-bond acceptors (Lipinski definition) is 2. The second-order valence-electron chi connectivity index (χ2n) is 5.64. The number of benzene rings is 2. The number of likely N-dealkylation sites (tertiary alicyclic amines) is 1. The summed E-state index contributed by atoms with van der Waals surface area (Å²) in [7, 11) is 1.60. The largest absolute Gasteiger partial charge is 0.497 e. The molecule has 2 aromatic rings. The van der Waals surface area contributed by atoms with Crippen molar-refractivity contribution in [1.82, 2.24) is 4.90 Å². The third-order valence-corrected chi connectivity index (χ3v) is 4.95. The molecule has 120 valence electrons. The van der Waals surface area contributed by atoms with Gasteiger partial charge in [-0.15, -0.1) is 0 Å². The van der Waals surface area contributed by atoms with E-state index in [1.807, 2.05) is 41.3 Å². The molecule has 1 saturated heterocycles. The van der Waals surface area contributed by atoms with Crippen LogP contribution in [0.4, 0.5) is 0 Å². The Morgan fingerprint density at radius 1 is 1.17 bits per heavy atom. The molecule has 2 aromatic carbocycles. The molecule has 3 nitrogen and oxygen atoms in total. The highest BCUT2D eigenvalue weighted by Gasteiger charge is 2.28. The van der Waals surface area contributed by atoms with Gasteiger partial charge in [-0.3, -0.25) is 4.79 Å². The molecule has 0 N–H and O–H groups in total. The maximum Gasteiger partial charge on any atom is 0.254 e. The molecule has 0 spiro atoms. The van der Waals surface area contributed by atoms with E-state index in [4.69, 9.17) is 27.9 Å². The van der Waals surface area contributed by atoms with Crippen LogP contribution in [0.5, 0.6) is 5.75 Å². The lowest BCUT2D eigenvalue weighted by Gasteiger charge is -2.17. The van der Waals surface area contributed by atoms with E-state index in [0.717, 1.165) is 18.5 Å². The van der Waals surface area contributed by atoms with E-state index < -0.39 is 0 Å². The summed E-state index contributed by atoms with van der Waals surface area (Å²) in [5.41, 5.74) is 1.78. The van der Waals surface area contributed by atoms with Crippen molar-refractivity contribution < 1.29 is 9.53 Å². The van der Waals surface area contributed by atoms with Crippen LogP contribution in [0.2, 0.25) is 10.0 Å². The highest BCUT2D eigenvalue weighted by molar-refractivity contribution is 6.42. The van der Waals surface area contributed by atoms with Gasteiger partial charge in [0.1, 0.15) is 5.75 Å². The summed E-state index contributed by atoms with van der Waals surface area (Å²) in [6.07, 6.45) is 0.924. The SMILES string of the molecule is COc1cccc(C(=O)N2CCC(c3ccc(Cl)c(Cl)c3)C2)c1. The summed E-state index contributed by atoms with van der Waals surface area (Å²) in [4.78, 5) is 14.5. The van der Waals surface area contributed by atoms with Gasteiger partial charge < -0.3 is 9.64 Å². The van der Waals surface area contributed by atoms with Crippen LogP contribution < -0.4 is 4.74 Å². The zero-order valence-electron chi connectivity index (χ0n) is 12.8. The van der Waals surface area contributed by atoms with E-state index in [2.05, 4.69) is 0 Å². The zero-order chi connectivity index (χ0) is 16.4. The third-order valence-electron chi connectivity index (χ3n) is 4.21. The average Bonchev–Trinajstić information content (AvgIpc) is 3.06. The smallest absolute Gasteiger partial charge is 0.254 e. The number of ether oxygens (including phenoxy) is 1. The Bertz CT molecular complexity index is 733. The first-order chi connectivity index (χ1) is 11.1. The Labute approximate surface area is 145 Å². The monoisotopic (exact) mass is 349 g/mol. The van der Waals surface area contributed by atoms with Gasteiger partial charge in [-0.1, -0.05) is 35.3 Å². The summed E-state index contributed by atoms with van der Waals surface area (Å²) in [6, 6.07) is 12.9. The predicted octanol–water partition coefficient (Wildman–Crippen LogP) is 4.63. The van der Waals surface area contributed by atoms with E-state index >= 15 is 0 Å². The van der Waals surface area contributed by atoms with Gasteiger partial charge in [-0.25, -0.2) is 0 Å². The van der Waals surface area contributed by atoms with Crippen LogP contribution in [0, 0.1) is 0 Å². The van der Waals surface area contributed by atoms with Gasteiger partial charge >= 0.3 is 0 Å². The number of nitrogens with zero attached hydrogens (tertiary/aromatic N) is 1. The van der Waals surface area contributed by atoms with Crippen molar-refractivity contribution in [1.29, 1.82) is 0 Å². The Morgan fingerprint density at radius 3 is 2.74 bits per heavy atom. The van der Waals surface area contributed by atoms with Crippen molar-refractivity contribution in [2.75, 3.05) is 20.2 Å². The van der Waals surface area contributed by atoms with Crippen LogP contribution in [-0.2, 0) is 0 Å². The van der Waals surface area contributed by atoms with Crippen LogP contribution in [0.1, 0.15) is 28.3 Å². The highest BCUT2D eigenvalue weighted by Crippen LogP contribution is 2.32. The van der Waals surface area contributed by atoms with Crippen molar-refractivity contribution in [3.8, 4) is 5.75 Å². The van der Waals surface area contributed by atoms with Crippen molar-refractivity contribution in [2.24, 2.45) is 0 Å². The first kappa shape index (κ1) is 16.2. The highest BCUT2D eigenvalue weighted by atomic mass is 35.5. The molecule has 3 rings (SSSR count). The second kappa shape index (κ2) is 6.81. The lowest BCUT2D eigenvalue weighted by molar-refractivity contribution is 0.0790. The third kappa shape index (κ3) is 3.46. The lowest BCUT2D eigenvalue weighted by atomic mass is 9.99. The number of carbonyl (C=O) groups is 1. The van der Waals surface area contributed by atoms with E-state index in [0.29, 0.717) is 33.8 Å². The number of methoxy groups -OCH3 is 1. The van der Waals surface area contributed by atoms with Crippen molar-refractivity contribution >= 4 is 29.1 Å². The standard InChI is InChI=1S/C18H17Cl2NO2/c1-23-15-4-2-3-13(9-15)18(22)21-8-7-14(11-21)12-5-6-16(19)17(20)10-12/h2-6,9-10,14H,7-8,11H2,1H3. The maximum absolute atomic E-state index is 12.6. The number of amides is 1. The summed E-state index contributed by atoms with van der Waals surface area (Å²) in [5.74, 6) is 1.02. The molecule has 1 fully saturated rings. The predicted molar refractivity (Wildman–Crippen MR) is 92.7 cm³/mol. The van der Waals surface area contributed by atoms with Crippen LogP contribution >= 0.6 is 23.2 Å². The molecule has 0 aliphatic carbocycles. The Balaban J connectivity index is 1.73. The molecule has 5 heteroatoms. The minimum Gasteiger partial charge on any atom is -0.497 e. The number of hydrogen-bond donors (Lipinski definition) is 0. The molecular formula is C18H17Cl2NO2. The molecule has 1 aliphatic heterocycles. The summed E-state index contributed by atoms with van der Waals surface area (Å²) in [6.45, 7) is 1.43. The summed E-state index contributed by atoms with van der Waals surface area (Å²) in [5, 5.41) is 1.11. The Morgan fingerprint density at radius 2 is 2.00 bits per heavy atom. The molecule has 1 atom stereocenters. The van der Waals surface area contributed by atoms with Gasteiger partial charge in [-0.05, 0) is 42.3 Å². The van der Waals surface area contributed by atoms with Gasteiger partial charge in [0, 0.05) is 24.6 Å². The molecule has 1 aliphatic rings. The maximum atomic E-state index is 12.6. The lowest BCUT2D eigenvalue weighted by Crippen LogP contribution is -2.28. The topological polar surface area (TPSA) is 29.5 Å². The fourth-order valence-corrected chi connectivity index (χ4v) is 3.23. The van der Waals surface area contributed by atoms with Crippen molar-refractivity contribution in [3.05, 3.63) is 63.6 Å². The second-order valence-corrected chi connectivity index (χ2v) is 6.46. The fraction of sp³-hybridized carbons (Fsp3) is 0.278. The van der Waals surface area contributed by atoms with E-state index in [1.54, 1.807) is 13.2 Å². The Hall–Kier alpha value is -1.71. The van der Waals surface area contributed by atoms with Crippen molar-refractivity contribution in [3.63, 3.8) is 0 Å². The molecule has 0 saturated carbocycles. The molecule has 23 heavy (non-hydrogen) atoms.